The van der Waals surface area contributed by atoms with Gasteiger partial charge in [0, 0.05) is 55.1 Å². The van der Waals surface area contributed by atoms with Gasteiger partial charge in [0.25, 0.3) is 11.8 Å². The number of aromatic nitrogens is 2. The van der Waals surface area contributed by atoms with Crippen molar-refractivity contribution in [2.75, 3.05) is 43.4 Å². The third kappa shape index (κ3) is 7.41. The van der Waals surface area contributed by atoms with Crippen LogP contribution in [0.1, 0.15) is 38.8 Å². The number of nitrogens with one attached hydrogen (secondary N) is 2. The van der Waals surface area contributed by atoms with Crippen LogP contribution in [-0.2, 0) is 12.7 Å². The van der Waals surface area contributed by atoms with Gasteiger partial charge in [0.05, 0.1) is 11.3 Å². The molecule has 3 aromatic carbocycles. The summed E-state index contributed by atoms with van der Waals surface area (Å²) < 4.78 is 39.2. The lowest BCUT2D eigenvalue weighted by Gasteiger charge is -2.34. The first-order valence-corrected chi connectivity index (χ1v) is 15.7. The number of carbonyl (C=O) groups is 2. The fourth-order valence-corrected chi connectivity index (χ4v) is 6.11. The number of rotatable bonds is 8. The molecule has 5 aromatic rings. The van der Waals surface area contributed by atoms with Crippen LogP contribution >= 0.6 is 11.3 Å². The zero-order chi connectivity index (χ0) is 32.3. The summed E-state index contributed by atoms with van der Waals surface area (Å²) in [6.07, 6.45) is -4.51. The van der Waals surface area contributed by atoms with E-state index in [9.17, 15) is 22.8 Å². The van der Waals surface area contributed by atoms with Gasteiger partial charge in [-0.05, 0) is 66.7 Å². The maximum Gasteiger partial charge on any atom is 0.416 e. The Kier molecular flexibility index (Phi) is 9.11. The number of anilines is 2. The minimum Gasteiger partial charge on any atom is -0.322 e. The second kappa shape index (κ2) is 13.4. The van der Waals surface area contributed by atoms with Crippen molar-refractivity contribution in [1.82, 2.24) is 19.8 Å². The van der Waals surface area contributed by atoms with Crippen LogP contribution in [0.4, 0.5) is 24.0 Å². The van der Waals surface area contributed by atoms with Gasteiger partial charge < -0.3 is 10.2 Å². The normalized spacial score (nSPS) is 14.3. The Morgan fingerprint density at radius 2 is 1.52 bits per heavy atom. The minimum absolute atomic E-state index is 0.0426. The smallest absolute Gasteiger partial charge is 0.322 e. The van der Waals surface area contributed by atoms with E-state index in [0.29, 0.717) is 32.3 Å². The number of likely N-dealkylation sites (N-methyl/N-ethyl adjacent to an activating group) is 1. The van der Waals surface area contributed by atoms with Crippen LogP contribution in [0.25, 0.3) is 21.6 Å². The molecule has 1 aliphatic rings. The van der Waals surface area contributed by atoms with E-state index in [1.54, 1.807) is 36.4 Å². The lowest BCUT2D eigenvalue weighted by molar-refractivity contribution is -0.137. The number of halogens is 3. The lowest BCUT2D eigenvalue weighted by Crippen LogP contribution is -2.45. The summed E-state index contributed by atoms with van der Waals surface area (Å²) in [5, 5.41) is 5.81. The standard InChI is InChI=1S/C34H31F3N6O2S/c1-2-42-15-17-43(18-16-42)21-22-9-11-23(12-10-22)30(44)41-33-40-29-14-13-28(39-32(29)46-33)24-5-3-6-25(19-24)31(45)38-27-8-4-7-26(20-27)34(35,36)37/h3-14,19-20H,2,15-18,21H2,1H3,(H,38,45)(H,40,41,44). The van der Waals surface area contributed by atoms with Gasteiger partial charge in [-0.1, -0.05) is 48.6 Å². The predicted octanol–water partition coefficient (Wildman–Crippen LogP) is 7.02. The van der Waals surface area contributed by atoms with E-state index in [4.69, 9.17) is 0 Å². The van der Waals surface area contributed by atoms with E-state index in [1.165, 1.54) is 23.5 Å². The monoisotopic (exact) mass is 644 g/mol. The van der Waals surface area contributed by atoms with Crippen molar-refractivity contribution in [1.29, 1.82) is 0 Å². The number of benzene rings is 3. The Balaban J connectivity index is 1.10. The van der Waals surface area contributed by atoms with Crippen LogP contribution < -0.4 is 10.6 Å². The second-order valence-electron chi connectivity index (χ2n) is 11.0. The molecule has 0 bridgehead atoms. The average molecular weight is 645 g/mol. The van der Waals surface area contributed by atoms with Gasteiger partial charge >= 0.3 is 6.18 Å². The van der Waals surface area contributed by atoms with Crippen LogP contribution in [0.3, 0.4) is 0 Å². The quantitative estimate of drug-likeness (QED) is 0.189. The van der Waals surface area contributed by atoms with Gasteiger partial charge in [-0.15, -0.1) is 0 Å². The summed E-state index contributed by atoms with van der Waals surface area (Å²) >= 11 is 1.24. The summed E-state index contributed by atoms with van der Waals surface area (Å²) in [6, 6.07) is 22.3. The van der Waals surface area contributed by atoms with Gasteiger partial charge in [0.2, 0.25) is 0 Å². The Bertz CT molecular complexity index is 1870. The molecule has 3 heterocycles. The first-order valence-electron chi connectivity index (χ1n) is 14.9. The number of alkyl halides is 3. The number of thiazole rings is 1. The van der Waals surface area contributed by atoms with Gasteiger partial charge in [0.15, 0.2) is 5.13 Å². The fraction of sp³-hybridized carbons (Fsp3) is 0.235. The number of pyridine rings is 1. The molecule has 0 saturated carbocycles. The third-order valence-electron chi connectivity index (χ3n) is 7.88. The van der Waals surface area contributed by atoms with Crippen LogP contribution in [0.5, 0.6) is 0 Å². The van der Waals surface area contributed by atoms with Crippen LogP contribution in [0, 0.1) is 0 Å². The highest BCUT2D eigenvalue weighted by Gasteiger charge is 2.30. The lowest BCUT2D eigenvalue weighted by atomic mass is 10.1. The van der Waals surface area contributed by atoms with E-state index < -0.39 is 17.6 Å². The molecule has 0 aliphatic carbocycles. The number of hydrogen-bond donors (Lipinski definition) is 2. The number of fused-ring (bicyclic) bond motifs is 1. The first kappa shape index (κ1) is 31.3. The van der Waals surface area contributed by atoms with E-state index in [2.05, 4.69) is 37.3 Å². The molecule has 1 fully saturated rings. The topological polar surface area (TPSA) is 90.5 Å². The molecule has 0 atom stereocenters. The molecule has 6 rings (SSSR count). The molecule has 46 heavy (non-hydrogen) atoms. The van der Waals surface area contributed by atoms with E-state index in [-0.39, 0.29) is 17.2 Å². The molecule has 12 heteroatoms. The summed E-state index contributed by atoms with van der Waals surface area (Å²) in [5.74, 6) is -0.810. The molecule has 2 aromatic heterocycles. The SMILES string of the molecule is CCN1CCN(Cc2ccc(C(=O)Nc3nc4ccc(-c5cccc(C(=O)Nc6cccc(C(F)(F)F)c6)c5)nc4s3)cc2)CC1. The Hall–Kier alpha value is -4.65. The molecule has 236 valence electrons. The van der Waals surface area contributed by atoms with Crippen LogP contribution in [0.2, 0.25) is 0 Å². The molecule has 0 radical (unpaired) electrons. The number of carbonyl (C=O) groups excluding carboxylic acids is 2. The zero-order valence-electron chi connectivity index (χ0n) is 25.0. The van der Waals surface area contributed by atoms with Crippen molar-refractivity contribution >= 4 is 44.3 Å². The Morgan fingerprint density at radius 1 is 0.804 bits per heavy atom. The molecular weight excluding hydrogens is 613 g/mol. The Labute approximate surface area is 267 Å². The average Bonchev–Trinajstić information content (AvgIpc) is 3.47. The molecule has 0 spiro atoms. The molecular formula is C34H31F3N6O2S. The van der Waals surface area contributed by atoms with Crippen molar-refractivity contribution in [3.05, 3.63) is 107 Å². The van der Waals surface area contributed by atoms with Gasteiger partial charge in [0.1, 0.15) is 10.3 Å². The number of nitrogens with zero attached hydrogens (tertiary/aromatic N) is 4. The van der Waals surface area contributed by atoms with Crippen molar-refractivity contribution in [3.8, 4) is 11.3 Å². The molecule has 1 saturated heterocycles. The highest BCUT2D eigenvalue weighted by Crippen LogP contribution is 2.31. The molecule has 8 nitrogen and oxygen atoms in total. The summed E-state index contributed by atoms with van der Waals surface area (Å²) in [7, 11) is 0. The fourth-order valence-electron chi connectivity index (χ4n) is 5.28. The van der Waals surface area contributed by atoms with Crippen molar-refractivity contribution < 1.29 is 22.8 Å². The summed E-state index contributed by atoms with van der Waals surface area (Å²) in [6.45, 7) is 8.34. The minimum atomic E-state index is -4.51. The molecule has 2 amide bonds. The van der Waals surface area contributed by atoms with E-state index in [0.717, 1.165) is 57.0 Å². The van der Waals surface area contributed by atoms with Gasteiger partial charge in [-0.25, -0.2) is 9.97 Å². The van der Waals surface area contributed by atoms with Gasteiger partial charge in [-0.2, -0.15) is 13.2 Å². The zero-order valence-corrected chi connectivity index (χ0v) is 25.8. The van der Waals surface area contributed by atoms with Crippen molar-refractivity contribution in [2.45, 2.75) is 19.6 Å². The molecule has 2 N–H and O–H groups in total. The number of piperazine rings is 1. The highest BCUT2D eigenvalue weighted by atomic mass is 32.1. The first-order chi connectivity index (χ1) is 22.1. The predicted molar refractivity (Wildman–Crippen MR) is 174 cm³/mol. The van der Waals surface area contributed by atoms with Crippen LogP contribution in [0.15, 0.2) is 84.9 Å². The maximum atomic E-state index is 13.1. The number of amides is 2. The van der Waals surface area contributed by atoms with Crippen LogP contribution in [-0.4, -0.2) is 64.3 Å². The number of hydrogen-bond acceptors (Lipinski definition) is 7. The summed E-state index contributed by atoms with van der Waals surface area (Å²) in [5.41, 5.74) is 2.99. The second-order valence-corrected chi connectivity index (χ2v) is 12.0. The molecule has 0 unspecified atom stereocenters. The Morgan fingerprint density at radius 3 is 2.26 bits per heavy atom. The molecule has 1 aliphatic heterocycles. The maximum absolute atomic E-state index is 13.1. The van der Waals surface area contributed by atoms with Crippen molar-refractivity contribution in [3.63, 3.8) is 0 Å². The third-order valence-corrected chi connectivity index (χ3v) is 8.76. The van der Waals surface area contributed by atoms with Crippen molar-refractivity contribution in [2.24, 2.45) is 0 Å². The largest absolute Gasteiger partial charge is 0.416 e. The summed E-state index contributed by atoms with van der Waals surface area (Å²) in [4.78, 5) is 40.5. The van der Waals surface area contributed by atoms with E-state index >= 15 is 0 Å². The van der Waals surface area contributed by atoms with E-state index in [1.807, 2.05) is 24.3 Å². The van der Waals surface area contributed by atoms with Gasteiger partial charge in [-0.3, -0.25) is 19.8 Å². The highest BCUT2D eigenvalue weighted by molar-refractivity contribution is 7.22.